The average molecular weight is 336 g/mol. The zero-order chi connectivity index (χ0) is 16.4. The highest BCUT2D eigenvalue weighted by Gasteiger charge is 2.39. The molecule has 0 radical (unpaired) electrons. The quantitative estimate of drug-likeness (QED) is 0.649. The number of thioether (sulfide) groups is 1. The van der Waals surface area contributed by atoms with E-state index in [1.54, 1.807) is 28.8 Å². The minimum absolute atomic E-state index is 0.0835. The second kappa shape index (κ2) is 6.88. The molecule has 0 bridgehead atoms. The Balaban J connectivity index is 1.76. The maximum Gasteiger partial charge on any atom is 0.269 e. The van der Waals surface area contributed by atoms with Gasteiger partial charge in [-0.3, -0.25) is 14.9 Å². The smallest absolute Gasteiger partial charge is 0.269 e. The van der Waals surface area contributed by atoms with Crippen molar-refractivity contribution in [2.75, 3.05) is 26.2 Å². The first-order valence-electron chi connectivity index (χ1n) is 8.10. The van der Waals surface area contributed by atoms with Gasteiger partial charge in [0.1, 0.15) is 5.37 Å². The number of nitrogens with one attached hydrogen (secondary N) is 1. The Bertz CT molecular complexity index is 604. The minimum Gasteiger partial charge on any atom is -0.333 e. The molecule has 2 saturated heterocycles. The first-order chi connectivity index (χ1) is 11.1. The third-order valence-corrected chi connectivity index (χ3v) is 6.02. The van der Waals surface area contributed by atoms with Crippen LogP contribution in [0, 0.1) is 10.1 Å². The molecule has 0 saturated carbocycles. The van der Waals surface area contributed by atoms with Gasteiger partial charge in [-0.1, -0.05) is 12.1 Å². The van der Waals surface area contributed by atoms with E-state index < -0.39 is 0 Å². The third-order valence-electron chi connectivity index (χ3n) is 4.63. The standard InChI is InChI=1S/C16H21N3O3S/c1-12-15(20)18(10-9-17-7-2-3-8-17)16(23-12)13-5-4-6-14(11-13)19(21)22/h4-6,11-12,16H,2-3,7-10H2,1H3/p+1/t12-,16+/m0/s1. The number of nitrogens with zero attached hydrogens (tertiary/aromatic N) is 2. The van der Waals surface area contributed by atoms with E-state index in [2.05, 4.69) is 0 Å². The molecule has 7 heteroatoms. The molecule has 1 N–H and O–H groups in total. The number of quaternary nitrogens is 1. The van der Waals surface area contributed by atoms with Gasteiger partial charge in [0, 0.05) is 25.0 Å². The van der Waals surface area contributed by atoms with E-state index in [0.29, 0.717) is 0 Å². The topological polar surface area (TPSA) is 67.9 Å². The molecule has 3 rings (SSSR count). The fourth-order valence-electron chi connectivity index (χ4n) is 3.36. The van der Waals surface area contributed by atoms with Crippen molar-refractivity contribution in [1.29, 1.82) is 0 Å². The number of hydrogen-bond acceptors (Lipinski definition) is 4. The summed E-state index contributed by atoms with van der Waals surface area (Å²) in [5.74, 6) is 0.144. The SMILES string of the molecule is C[C@@H]1S[C@H](c2cccc([N+](=O)[O-])c2)N(CC[NH+]2CCCC2)C1=O. The van der Waals surface area contributed by atoms with Crippen LogP contribution in [0.5, 0.6) is 0 Å². The van der Waals surface area contributed by atoms with E-state index in [1.807, 2.05) is 17.9 Å². The van der Waals surface area contributed by atoms with E-state index in [1.165, 1.54) is 32.0 Å². The molecule has 2 aliphatic heterocycles. The normalized spacial score (nSPS) is 25.3. The van der Waals surface area contributed by atoms with Crippen molar-refractivity contribution in [3.8, 4) is 0 Å². The zero-order valence-corrected chi connectivity index (χ0v) is 14.1. The zero-order valence-electron chi connectivity index (χ0n) is 13.2. The van der Waals surface area contributed by atoms with E-state index in [0.717, 1.165) is 18.7 Å². The summed E-state index contributed by atoms with van der Waals surface area (Å²) in [6.07, 6.45) is 2.53. The second-order valence-corrected chi connectivity index (χ2v) is 7.65. The lowest BCUT2D eigenvalue weighted by molar-refractivity contribution is -0.886. The Morgan fingerprint density at radius 2 is 2.13 bits per heavy atom. The lowest BCUT2D eigenvalue weighted by atomic mass is 10.2. The Morgan fingerprint density at radius 3 is 2.83 bits per heavy atom. The maximum absolute atomic E-state index is 12.5. The third kappa shape index (κ3) is 3.50. The van der Waals surface area contributed by atoms with Crippen molar-refractivity contribution in [3.63, 3.8) is 0 Å². The summed E-state index contributed by atoms with van der Waals surface area (Å²) in [6.45, 7) is 5.97. The fourth-order valence-corrected chi connectivity index (χ4v) is 4.65. The molecular weight excluding hydrogens is 314 g/mol. The molecule has 0 spiro atoms. The Labute approximate surface area is 140 Å². The number of amides is 1. The molecule has 2 aliphatic rings. The summed E-state index contributed by atoms with van der Waals surface area (Å²) >= 11 is 1.58. The lowest BCUT2D eigenvalue weighted by Gasteiger charge is -2.25. The van der Waals surface area contributed by atoms with Crippen LogP contribution in [0.2, 0.25) is 0 Å². The van der Waals surface area contributed by atoms with Crippen LogP contribution < -0.4 is 4.90 Å². The molecule has 6 nitrogen and oxygen atoms in total. The van der Waals surface area contributed by atoms with Crippen LogP contribution in [0.1, 0.15) is 30.7 Å². The second-order valence-electron chi connectivity index (χ2n) is 6.22. The molecule has 2 fully saturated rings. The highest BCUT2D eigenvalue weighted by molar-refractivity contribution is 8.01. The van der Waals surface area contributed by atoms with Gasteiger partial charge < -0.3 is 9.80 Å². The van der Waals surface area contributed by atoms with Crippen LogP contribution in [0.4, 0.5) is 5.69 Å². The largest absolute Gasteiger partial charge is 0.333 e. The summed E-state index contributed by atoms with van der Waals surface area (Å²) in [6, 6.07) is 6.67. The number of nitro groups is 1. The lowest BCUT2D eigenvalue weighted by Crippen LogP contribution is -3.10. The minimum atomic E-state index is -0.382. The first-order valence-corrected chi connectivity index (χ1v) is 9.04. The molecule has 124 valence electrons. The van der Waals surface area contributed by atoms with Gasteiger partial charge in [-0.25, -0.2) is 0 Å². The molecule has 1 aromatic rings. The van der Waals surface area contributed by atoms with Crippen molar-refractivity contribution < 1.29 is 14.6 Å². The molecule has 0 unspecified atom stereocenters. The Hall–Kier alpha value is -1.60. The summed E-state index contributed by atoms with van der Waals surface area (Å²) in [5, 5.41) is 10.8. The Kier molecular flexibility index (Phi) is 4.87. The fraction of sp³-hybridized carbons (Fsp3) is 0.562. The predicted molar refractivity (Wildman–Crippen MR) is 89.4 cm³/mol. The van der Waals surface area contributed by atoms with Crippen molar-refractivity contribution in [2.45, 2.75) is 30.4 Å². The number of non-ortho nitro benzene ring substituents is 1. The van der Waals surface area contributed by atoms with E-state index in [-0.39, 0.29) is 27.1 Å². The number of carbonyl (C=O) groups excluding carboxylic acids is 1. The molecule has 2 heterocycles. The van der Waals surface area contributed by atoms with Crippen LogP contribution in [-0.2, 0) is 4.79 Å². The molecule has 0 aliphatic carbocycles. The summed E-state index contributed by atoms with van der Waals surface area (Å²) in [4.78, 5) is 26.5. The number of hydrogen-bond donors (Lipinski definition) is 1. The molecule has 2 atom stereocenters. The summed E-state index contributed by atoms with van der Waals surface area (Å²) < 4.78 is 0. The van der Waals surface area contributed by atoms with Crippen LogP contribution in [0.3, 0.4) is 0 Å². The van der Waals surface area contributed by atoms with Gasteiger partial charge in [-0.05, 0) is 12.5 Å². The summed E-state index contributed by atoms with van der Waals surface area (Å²) in [7, 11) is 0. The van der Waals surface area contributed by atoms with Gasteiger partial charge in [-0.15, -0.1) is 11.8 Å². The highest BCUT2D eigenvalue weighted by Crippen LogP contribution is 2.43. The molecule has 1 aromatic carbocycles. The van der Waals surface area contributed by atoms with Crippen molar-refractivity contribution in [1.82, 2.24) is 4.90 Å². The molecule has 0 aromatic heterocycles. The van der Waals surface area contributed by atoms with Gasteiger partial charge in [-0.2, -0.15) is 0 Å². The van der Waals surface area contributed by atoms with Crippen LogP contribution in [0.15, 0.2) is 24.3 Å². The maximum atomic E-state index is 12.5. The number of benzene rings is 1. The molecular formula is C16H22N3O3S+. The summed E-state index contributed by atoms with van der Waals surface area (Å²) in [5.41, 5.74) is 0.929. The number of carbonyl (C=O) groups is 1. The van der Waals surface area contributed by atoms with Gasteiger partial charge in [0.25, 0.3) is 5.69 Å². The Morgan fingerprint density at radius 1 is 1.39 bits per heavy atom. The van der Waals surface area contributed by atoms with Crippen LogP contribution in [-0.4, -0.2) is 47.2 Å². The highest BCUT2D eigenvalue weighted by atomic mass is 32.2. The van der Waals surface area contributed by atoms with Gasteiger partial charge in [0.2, 0.25) is 5.91 Å². The van der Waals surface area contributed by atoms with E-state index >= 15 is 0 Å². The number of likely N-dealkylation sites (tertiary alicyclic amines) is 1. The predicted octanol–water partition coefficient (Wildman–Crippen LogP) is 1.24. The number of nitro benzene ring substituents is 1. The first kappa shape index (κ1) is 16.3. The number of rotatable bonds is 5. The molecule has 23 heavy (non-hydrogen) atoms. The van der Waals surface area contributed by atoms with E-state index in [4.69, 9.17) is 0 Å². The van der Waals surface area contributed by atoms with E-state index in [9.17, 15) is 14.9 Å². The molecule has 1 amide bonds. The van der Waals surface area contributed by atoms with Crippen LogP contribution in [0.25, 0.3) is 0 Å². The average Bonchev–Trinajstić information content (AvgIpc) is 3.15. The van der Waals surface area contributed by atoms with Crippen LogP contribution >= 0.6 is 11.8 Å². The van der Waals surface area contributed by atoms with Gasteiger partial charge in [0.15, 0.2) is 0 Å². The van der Waals surface area contributed by atoms with Crippen molar-refractivity contribution >= 4 is 23.4 Å². The van der Waals surface area contributed by atoms with Crippen molar-refractivity contribution in [2.24, 2.45) is 0 Å². The van der Waals surface area contributed by atoms with Gasteiger partial charge in [0.05, 0.1) is 36.4 Å². The van der Waals surface area contributed by atoms with Crippen molar-refractivity contribution in [3.05, 3.63) is 39.9 Å². The monoisotopic (exact) mass is 336 g/mol. The van der Waals surface area contributed by atoms with Gasteiger partial charge >= 0.3 is 0 Å².